The molecule has 4 heterocycles. The second-order valence-corrected chi connectivity index (χ2v) is 11.3. The average molecular weight is 512 g/mol. The normalized spacial score (nSPS) is 23.6. The number of aryl methyl sites for hydroxylation is 1. The van der Waals surface area contributed by atoms with Crippen molar-refractivity contribution in [3.05, 3.63) is 59.9 Å². The van der Waals surface area contributed by atoms with Crippen molar-refractivity contribution in [3.8, 4) is 17.1 Å². The molecule has 0 unspecified atom stereocenters. The lowest BCUT2D eigenvalue weighted by Gasteiger charge is -2.34. The zero-order valence-corrected chi connectivity index (χ0v) is 22.1. The molecule has 3 aromatic carbocycles. The number of nitrogens with one attached hydrogen (secondary N) is 1. The van der Waals surface area contributed by atoms with Gasteiger partial charge >= 0.3 is 6.01 Å². The zero-order valence-electron chi connectivity index (χ0n) is 22.1. The number of ether oxygens (including phenoxy) is 1. The molecule has 196 valence electrons. The number of anilines is 1. The minimum absolute atomic E-state index is 0.267. The Hall–Kier alpha value is -3.29. The van der Waals surface area contributed by atoms with Crippen LogP contribution in [0.3, 0.4) is 0 Å². The topological polar surface area (TPSA) is 53.5 Å². The molecule has 38 heavy (non-hydrogen) atoms. The lowest BCUT2D eigenvalue weighted by molar-refractivity contribution is 0.188. The van der Waals surface area contributed by atoms with Crippen LogP contribution in [-0.2, 0) is 0 Å². The van der Waals surface area contributed by atoms with Crippen LogP contribution in [0.15, 0.2) is 48.5 Å². The molecule has 0 saturated carbocycles. The van der Waals surface area contributed by atoms with E-state index in [1.165, 1.54) is 19.3 Å². The molecule has 3 aliphatic rings. The van der Waals surface area contributed by atoms with E-state index in [2.05, 4.69) is 52.3 Å². The SMILES string of the molecule is Cc1cccc2cccc(-c3ccc4c(N5C[C@H]6CC[C@@H](C5)N6)nc(OC[C@@H]5CCCN5C)nc4c3F)c12. The maximum Gasteiger partial charge on any atom is 0.319 e. The Bertz CT molecular complexity index is 1510. The first-order valence-corrected chi connectivity index (χ1v) is 13.9. The minimum Gasteiger partial charge on any atom is -0.462 e. The predicted molar refractivity (Wildman–Crippen MR) is 150 cm³/mol. The van der Waals surface area contributed by atoms with Gasteiger partial charge < -0.3 is 19.9 Å². The molecule has 3 saturated heterocycles. The lowest BCUT2D eigenvalue weighted by atomic mass is 9.94. The Morgan fingerprint density at radius 3 is 2.53 bits per heavy atom. The van der Waals surface area contributed by atoms with E-state index < -0.39 is 0 Å². The molecule has 7 heteroatoms. The third-order valence-electron chi connectivity index (χ3n) is 8.76. The smallest absolute Gasteiger partial charge is 0.319 e. The maximum atomic E-state index is 16.5. The number of likely N-dealkylation sites (tertiary alicyclic amines) is 1. The molecule has 1 N–H and O–H groups in total. The summed E-state index contributed by atoms with van der Waals surface area (Å²) < 4.78 is 22.7. The van der Waals surface area contributed by atoms with E-state index in [0.717, 1.165) is 59.2 Å². The summed E-state index contributed by atoms with van der Waals surface area (Å²) in [6.45, 7) is 5.39. The average Bonchev–Trinajstić information content (AvgIpc) is 3.50. The van der Waals surface area contributed by atoms with Gasteiger partial charge in [0.25, 0.3) is 0 Å². The number of hydrogen-bond donors (Lipinski definition) is 1. The first-order valence-electron chi connectivity index (χ1n) is 13.9. The van der Waals surface area contributed by atoms with Gasteiger partial charge in [-0.3, -0.25) is 0 Å². The summed E-state index contributed by atoms with van der Waals surface area (Å²) in [7, 11) is 2.13. The maximum absolute atomic E-state index is 16.5. The Morgan fingerprint density at radius 1 is 0.974 bits per heavy atom. The molecular weight excluding hydrogens is 477 g/mol. The fourth-order valence-corrected chi connectivity index (χ4v) is 6.72. The number of benzene rings is 3. The van der Waals surface area contributed by atoms with Crippen LogP contribution >= 0.6 is 0 Å². The van der Waals surface area contributed by atoms with Crippen molar-refractivity contribution in [1.82, 2.24) is 20.2 Å². The van der Waals surface area contributed by atoms with E-state index in [-0.39, 0.29) is 11.8 Å². The highest BCUT2D eigenvalue weighted by Crippen LogP contribution is 2.38. The fraction of sp³-hybridized carbons (Fsp3) is 0.419. The van der Waals surface area contributed by atoms with Crippen LogP contribution in [-0.4, -0.2) is 66.3 Å². The summed E-state index contributed by atoms with van der Waals surface area (Å²) in [5.74, 6) is 0.463. The Labute approximate surface area is 222 Å². The summed E-state index contributed by atoms with van der Waals surface area (Å²) in [5, 5.41) is 6.61. The van der Waals surface area contributed by atoms with E-state index in [1.807, 2.05) is 30.3 Å². The monoisotopic (exact) mass is 511 g/mol. The zero-order chi connectivity index (χ0) is 25.8. The number of rotatable bonds is 5. The number of hydrogen-bond acceptors (Lipinski definition) is 6. The van der Waals surface area contributed by atoms with E-state index in [9.17, 15) is 0 Å². The third kappa shape index (κ3) is 4.09. The van der Waals surface area contributed by atoms with Gasteiger partial charge in [0.05, 0.1) is 0 Å². The third-order valence-corrected chi connectivity index (χ3v) is 8.76. The van der Waals surface area contributed by atoms with Crippen LogP contribution < -0.4 is 15.0 Å². The summed E-state index contributed by atoms with van der Waals surface area (Å²) in [4.78, 5) is 14.2. The predicted octanol–water partition coefficient (Wildman–Crippen LogP) is 5.31. The van der Waals surface area contributed by atoms with Gasteiger partial charge in [0.1, 0.15) is 17.9 Å². The molecule has 4 aromatic rings. The molecule has 0 spiro atoms. The summed E-state index contributed by atoms with van der Waals surface area (Å²) in [6.07, 6.45) is 4.60. The van der Waals surface area contributed by atoms with Gasteiger partial charge in [0.2, 0.25) is 0 Å². The van der Waals surface area contributed by atoms with Crippen molar-refractivity contribution < 1.29 is 9.13 Å². The van der Waals surface area contributed by atoms with Crippen molar-refractivity contribution in [3.63, 3.8) is 0 Å². The molecule has 3 atom stereocenters. The molecule has 6 nitrogen and oxygen atoms in total. The molecule has 0 radical (unpaired) electrons. The van der Waals surface area contributed by atoms with Gasteiger partial charge in [0.15, 0.2) is 5.82 Å². The second-order valence-electron chi connectivity index (χ2n) is 11.3. The molecule has 3 aliphatic heterocycles. The standard InChI is InChI=1S/C31H34FN5O/c1-19-6-3-7-20-8-4-10-24(27(19)20)25-13-14-26-29(28(25)32)34-31(38-18-23-9-5-15-36(23)2)35-30(26)37-16-21-11-12-22(17-37)33-21/h3-4,6-8,10,13-14,21-23,33H,5,9,11-12,15-18H2,1-2H3/t21-,22+,23-/m0/s1. The van der Waals surface area contributed by atoms with Crippen molar-refractivity contribution in [2.45, 2.75) is 50.7 Å². The molecule has 1 aromatic heterocycles. The first kappa shape index (κ1) is 23.8. The highest BCUT2D eigenvalue weighted by atomic mass is 19.1. The Kier molecular flexibility index (Phi) is 5.93. The van der Waals surface area contributed by atoms with Gasteiger partial charge in [-0.25, -0.2) is 4.39 Å². The Morgan fingerprint density at radius 2 is 1.76 bits per heavy atom. The van der Waals surface area contributed by atoms with E-state index in [0.29, 0.717) is 35.8 Å². The molecule has 3 fully saturated rings. The second kappa shape index (κ2) is 9.47. The molecular formula is C31H34FN5O. The molecule has 7 rings (SSSR count). The number of halogens is 1. The number of aromatic nitrogens is 2. The van der Waals surface area contributed by atoms with Gasteiger partial charge in [-0.05, 0) is 74.2 Å². The fourth-order valence-electron chi connectivity index (χ4n) is 6.72. The lowest BCUT2D eigenvalue weighted by Crippen LogP contribution is -2.51. The number of fused-ring (bicyclic) bond motifs is 4. The first-order chi connectivity index (χ1) is 18.5. The van der Waals surface area contributed by atoms with Crippen LogP contribution in [0.4, 0.5) is 10.2 Å². The number of likely N-dealkylation sites (N-methyl/N-ethyl adjacent to an activating group) is 1. The van der Waals surface area contributed by atoms with Gasteiger partial charge in [-0.1, -0.05) is 42.5 Å². The van der Waals surface area contributed by atoms with Crippen LogP contribution in [0.1, 0.15) is 31.2 Å². The molecule has 2 bridgehead atoms. The summed E-state index contributed by atoms with van der Waals surface area (Å²) >= 11 is 0. The highest BCUT2D eigenvalue weighted by molar-refractivity contribution is 6.02. The van der Waals surface area contributed by atoms with Gasteiger partial charge in [-0.15, -0.1) is 0 Å². The number of piperazine rings is 1. The van der Waals surface area contributed by atoms with Crippen molar-refractivity contribution in [2.24, 2.45) is 0 Å². The molecule has 0 aliphatic carbocycles. The Balaban J connectivity index is 1.36. The van der Waals surface area contributed by atoms with Crippen LogP contribution in [0.5, 0.6) is 6.01 Å². The minimum atomic E-state index is -0.317. The quantitative estimate of drug-likeness (QED) is 0.392. The van der Waals surface area contributed by atoms with Crippen LogP contribution in [0.2, 0.25) is 0 Å². The van der Waals surface area contributed by atoms with E-state index in [1.54, 1.807) is 0 Å². The molecule has 0 amide bonds. The van der Waals surface area contributed by atoms with E-state index in [4.69, 9.17) is 9.72 Å². The highest BCUT2D eigenvalue weighted by Gasteiger charge is 2.34. The van der Waals surface area contributed by atoms with Crippen molar-refractivity contribution >= 4 is 27.5 Å². The number of nitrogens with zero attached hydrogens (tertiary/aromatic N) is 4. The van der Waals surface area contributed by atoms with Crippen molar-refractivity contribution in [2.75, 3.05) is 38.2 Å². The van der Waals surface area contributed by atoms with Gasteiger partial charge in [0, 0.05) is 42.2 Å². The van der Waals surface area contributed by atoms with Gasteiger partial charge in [-0.2, -0.15) is 9.97 Å². The van der Waals surface area contributed by atoms with Crippen LogP contribution in [0, 0.1) is 12.7 Å². The van der Waals surface area contributed by atoms with E-state index >= 15 is 4.39 Å². The largest absolute Gasteiger partial charge is 0.462 e. The van der Waals surface area contributed by atoms with Crippen LogP contribution in [0.25, 0.3) is 32.8 Å². The van der Waals surface area contributed by atoms with Crippen molar-refractivity contribution in [1.29, 1.82) is 0 Å². The summed E-state index contributed by atoms with van der Waals surface area (Å²) in [5.41, 5.74) is 2.90. The summed E-state index contributed by atoms with van der Waals surface area (Å²) in [6, 6.07) is 17.7.